The second kappa shape index (κ2) is 11.1. The summed E-state index contributed by atoms with van der Waals surface area (Å²) in [5.74, 6) is -0.417. The van der Waals surface area contributed by atoms with Gasteiger partial charge in [-0.15, -0.1) is 11.3 Å². The first-order chi connectivity index (χ1) is 18.1. The second-order valence-electron chi connectivity index (χ2n) is 9.35. The number of anilines is 1. The number of fused-ring (bicyclic) bond motifs is 1. The van der Waals surface area contributed by atoms with Crippen LogP contribution in [0.1, 0.15) is 50.8 Å². The number of nitrogens with two attached hydrogens (primary N) is 1. The second-order valence-corrected chi connectivity index (χ2v) is 12.7. The van der Waals surface area contributed by atoms with E-state index in [1.165, 1.54) is 29.4 Å². The van der Waals surface area contributed by atoms with Crippen LogP contribution >= 0.6 is 34.5 Å². The molecule has 0 saturated heterocycles. The number of rotatable bonds is 8. The van der Waals surface area contributed by atoms with Crippen molar-refractivity contribution in [2.45, 2.75) is 37.5 Å². The number of aromatic nitrogens is 2. The number of carbonyl (C=O) groups excluding carboxylic acids is 1. The van der Waals surface area contributed by atoms with Crippen LogP contribution in [0.4, 0.5) is 5.82 Å². The molecule has 3 heterocycles. The number of aliphatic hydroxyl groups excluding tert-OH is 1. The molecule has 5 rings (SSSR count). The monoisotopic (exact) mass is 597 g/mol. The highest BCUT2D eigenvalue weighted by molar-refractivity contribution is 7.84. The van der Waals surface area contributed by atoms with Crippen molar-refractivity contribution >= 4 is 56.4 Å². The number of ketones is 1. The van der Waals surface area contributed by atoms with Crippen LogP contribution < -0.4 is 15.8 Å². The maximum atomic E-state index is 13.6. The van der Waals surface area contributed by atoms with Crippen molar-refractivity contribution in [1.29, 1.82) is 0 Å². The van der Waals surface area contributed by atoms with Gasteiger partial charge in [0, 0.05) is 35.3 Å². The Kier molecular flexibility index (Phi) is 8.04. The Morgan fingerprint density at radius 3 is 2.87 bits per heavy atom. The van der Waals surface area contributed by atoms with Gasteiger partial charge in [-0.25, -0.2) is 15.1 Å². The number of nitrogens with one attached hydrogen (secondary N) is 2. The first-order valence-corrected chi connectivity index (χ1v) is 14.9. The Balaban J connectivity index is 1.35. The molecular formula is C24H25Cl2N5O5S2. The number of hydrogen-bond donors (Lipinski definition) is 4. The number of thiophene rings is 1. The summed E-state index contributed by atoms with van der Waals surface area (Å²) < 4.78 is 27.4. The first-order valence-electron chi connectivity index (χ1n) is 11.9. The van der Waals surface area contributed by atoms with E-state index >= 15 is 0 Å². The average molecular weight is 599 g/mol. The van der Waals surface area contributed by atoms with Crippen LogP contribution in [0.15, 0.2) is 36.8 Å². The molecule has 1 saturated carbocycles. The van der Waals surface area contributed by atoms with Gasteiger partial charge in [0.2, 0.25) is 5.78 Å². The quantitative estimate of drug-likeness (QED) is 0.286. The van der Waals surface area contributed by atoms with Crippen LogP contribution in [0.2, 0.25) is 9.36 Å². The van der Waals surface area contributed by atoms with Crippen molar-refractivity contribution in [1.82, 2.24) is 15.3 Å². The molecule has 1 aliphatic heterocycles. The van der Waals surface area contributed by atoms with Crippen LogP contribution in [-0.4, -0.2) is 54.6 Å². The van der Waals surface area contributed by atoms with Gasteiger partial charge in [0.25, 0.3) is 0 Å². The minimum absolute atomic E-state index is 0.191. The van der Waals surface area contributed by atoms with Crippen molar-refractivity contribution < 1.29 is 22.5 Å². The number of halogens is 2. The Hall–Kier alpha value is -2.16. The van der Waals surface area contributed by atoms with E-state index in [1.807, 2.05) is 18.2 Å². The third-order valence-corrected chi connectivity index (χ3v) is 8.90. The normalized spacial score (nSPS) is 23.3. The molecule has 38 heavy (non-hydrogen) atoms. The maximum Gasteiger partial charge on any atom is 0.333 e. The highest BCUT2D eigenvalue weighted by Gasteiger charge is 2.35. The zero-order valence-electron chi connectivity index (χ0n) is 19.9. The molecule has 3 aromatic rings. The predicted molar refractivity (Wildman–Crippen MR) is 145 cm³/mol. The molecule has 1 fully saturated rings. The van der Waals surface area contributed by atoms with E-state index in [0.717, 1.165) is 24.1 Å². The van der Waals surface area contributed by atoms with Crippen LogP contribution in [-0.2, 0) is 20.9 Å². The minimum Gasteiger partial charge on any atom is -0.393 e. The predicted octanol–water partition coefficient (Wildman–Crippen LogP) is 3.08. The fourth-order valence-corrected chi connectivity index (χ4v) is 6.85. The summed E-state index contributed by atoms with van der Waals surface area (Å²) in [4.78, 5) is 22.3. The Morgan fingerprint density at radius 1 is 1.26 bits per heavy atom. The van der Waals surface area contributed by atoms with Crippen molar-refractivity contribution in [3.05, 3.63) is 73.3 Å². The van der Waals surface area contributed by atoms with E-state index in [2.05, 4.69) is 24.8 Å². The van der Waals surface area contributed by atoms with Crippen LogP contribution in [0, 0.1) is 5.92 Å². The molecule has 0 bridgehead atoms. The number of hydrogen-bond acceptors (Lipinski definition) is 10. The van der Waals surface area contributed by atoms with Crippen LogP contribution in [0.25, 0.3) is 0 Å². The molecule has 1 aliphatic carbocycles. The van der Waals surface area contributed by atoms with Gasteiger partial charge in [0.1, 0.15) is 12.1 Å². The van der Waals surface area contributed by atoms with Gasteiger partial charge in [0.15, 0.2) is 0 Å². The smallest absolute Gasteiger partial charge is 0.333 e. The summed E-state index contributed by atoms with van der Waals surface area (Å²) in [6.45, 7) is 0.541. The van der Waals surface area contributed by atoms with E-state index in [1.54, 1.807) is 6.07 Å². The largest absolute Gasteiger partial charge is 0.393 e. The third kappa shape index (κ3) is 6.02. The fourth-order valence-electron chi connectivity index (χ4n) is 5.01. The lowest BCUT2D eigenvalue weighted by Gasteiger charge is -2.27. The molecule has 10 nitrogen and oxygen atoms in total. The zero-order chi connectivity index (χ0) is 27.0. The van der Waals surface area contributed by atoms with Crippen molar-refractivity contribution in [2.75, 3.05) is 18.5 Å². The van der Waals surface area contributed by atoms with Gasteiger partial charge in [-0.1, -0.05) is 29.3 Å². The van der Waals surface area contributed by atoms with E-state index < -0.39 is 22.3 Å². The van der Waals surface area contributed by atoms with Gasteiger partial charge in [-0.2, -0.15) is 8.42 Å². The zero-order valence-corrected chi connectivity index (χ0v) is 23.1. The van der Waals surface area contributed by atoms with Gasteiger partial charge in [-0.05, 0) is 48.6 Å². The SMILES string of the molecule is NS(=O)(=O)OC[C@H]1C[C@@H](Nc2ncncc2C(=O)c2cc(C3NCCc4ccc(Cl)cc43)c(Cl)s2)C[C@@H]1O. The lowest BCUT2D eigenvalue weighted by molar-refractivity contribution is 0.101. The Morgan fingerprint density at radius 2 is 2.08 bits per heavy atom. The number of nitrogens with zero attached hydrogens (tertiary/aromatic N) is 2. The van der Waals surface area contributed by atoms with E-state index in [-0.39, 0.29) is 30.0 Å². The number of aliphatic hydroxyl groups is 1. The van der Waals surface area contributed by atoms with Crippen LogP contribution in [0.3, 0.4) is 0 Å². The highest BCUT2D eigenvalue weighted by Crippen LogP contribution is 2.39. The summed E-state index contributed by atoms with van der Waals surface area (Å²) in [7, 11) is -4.11. The molecule has 2 aliphatic rings. The van der Waals surface area contributed by atoms with Crippen LogP contribution in [0.5, 0.6) is 0 Å². The standard InChI is InChI=1S/C24H25Cl2N5O5S2/c25-14-2-1-12-3-4-29-21(16(12)6-14)17-8-20(37-23(17)26)22(33)18-9-28-11-30-24(18)31-15-5-13(19(32)7-15)10-36-38(27,34)35/h1-2,6,8-9,11,13,15,19,21,29,32H,3-5,7,10H2,(H2,27,34,35)(H,28,30,31)/t13-,15-,19+,21?/m1/s1. The lowest BCUT2D eigenvalue weighted by atomic mass is 9.91. The molecule has 0 amide bonds. The molecule has 1 unspecified atom stereocenters. The molecule has 5 N–H and O–H groups in total. The molecule has 4 atom stereocenters. The molecule has 202 valence electrons. The summed E-state index contributed by atoms with van der Waals surface area (Å²) in [6.07, 6.45) is 3.56. The summed E-state index contributed by atoms with van der Waals surface area (Å²) >= 11 is 14.1. The topological polar surface area (TPSA) is 157 Å². The molecule has 0 radical (unpaired) electrons. The fraction of sp³-hybridized carbons (Fsp3) is 0.375. The Labute approximate surface area is 233 Å². The molecular weight excluding hydrogens is 573 g/mol. The van der Waals surface area contributed by atoms with Crippen molar-refractivity contribution in [3.63, 3.8) is 0 Å². The Bertz CT molecular complexity index is 1470. The molecule has 2 aromatic heterocycles. The van der Waals surface area contributed by atoms with E-state index in [9.17, 15) is 18.3 Å². The summed E-state index contributed by atoms with van der Waals surface area (Å²) in [5, 5.41) is 22.6. The number of carbonyl (C=O) groups is 1. The minimum atomic E-state index is -4.11. The maximum absolute atomic E-state index is 13.6. The van der Waals surface area contributed by atoms with E-state index in [0.29, 0.717) is 32.9 Å². The van der Waals surface area contributed by atoms with E-state index in [4.69, 9.17) is 28.3 Å². The number of benzene rings is 1. The van der Waals surface area contributed by atoms with Gasteiger partial charge in [-0.3, -0.25) is 8.98 Å². The van der Waals surface area contributed by atoms with Crippen molar-refractivity contribution in [2.24, 2.45) is 11.1 Å². The lowest BCUT2D eigenvalue weighted by Crippen LogP contribution is -2.30. The van der Waals surface area contributed by atoms with Gasteiger partial charge >= 0.3 is 10.3 Å². The van der Waals surface area contributed by atoms with Crippen molar-refractivity contribution in [3.8, 4) is 0 Å². The third-order valence-electron chi connectivity index (χ3n) is 6.81. The van der Waals surface area contributed by atoms with Gasteiger partial charge < -0.3 is 15.7 Å². The average Bonchev–Trinajstić information content (AvgIpc) is 3.43. The highest BCUT2D eigenvalue weighted by atomic mass is 35.5. The summed E-state index contributed by atoms with van der Waals surface area (Å²) in [6, 6.07) is 7.14. The molecule has 1 aromatic carbocycles. The summed E-state index contributed by atoms with van der Waals surface area (Å²) in [5.41, 5.74) is 3.28. The first kappa shape index (κ1) is 27.4. The van der Waals surface area contributed by atoms with Gasteiger partial charge in [0.05, 0.1) is 33.5 Å². The molecule has 14 heteroatoms. The molecule has 0 spiro atoms.